The van der Waals surface area contributed by atoms with Gasteiger partial charge < -0.3 is 24.3 Å². The second-order valence-corrected chi connectivity index (χ2v) is 7.74. The largest absolute Gasteiger partial charge is 0.381 e. The third-order valence-corrected chi connectivity index (χ3v) is 4.72. The van der Waals surface area contributed by atoms with Crippen molar-refractivity contribution in [1.29, 1.82) is 0 Å². The number of nitrogens with one attached hydrogen (secondary N) is 1. The molecular weight excluding hydrogens is 366 g/mol. The van der Waals surface area contributed by atoms with Crippen LogP contribution in [0.2, 0.25) is 0 Å². The molecule has 5 nitrogen and oxygen atoms in total. The van der Waals surface area contributed by atoms with Gasteiger partial charge in [-0.3, -0.25) is 0 Å². The lowest BCUT2D eigenvalue weighted by atomic mass is 10.3. The quantitative estimate of drug-likeness (QED) is 0.192. The molecule has 0 bridgehead atoms. The van der Waals surface area contributed by atoms with Crippen molar-refractivity contribution >= 4 is 0 Å². The van der Waals surface area contributed by atoms with E-state index in [1.165, 1.54) is 38.5 Å². The predicted molar refractivity (Wildman–Crippen MR) is 123 cm³/mol. The highest BCUT2D eigenvalue weighted by Gasteiger charge is 1.95. The smallest absolute Gasteiger partial charge is 0.0466 e. The fraction of sp³-hybridized carbons (Fsp3) is 1.00. The summed E-state index contributed by atoms with van der Waals surface area (Å²) in [5.41, 5.74) is 0. The summed E-state index contributed by atoms with van der Waals surface area (Å²) in [5, 5.41) is 3.51. The Morgan fingerprint density at radius 1 is 0.379 bits per heavy atom. The molecule has 0 atom stereocenters. The summed E-state index contributed by atoms with van der Waals surface area (Å²) in [6.45, 7) is 13.7. The Hall–Kier alpha value is -0.200. The van der Waals surface area contributed by atoms with Gasteiger partial charge in [0.15, 0.2) is 0 Å². The van der Waals surface area contributed by atoms with Crippen LogP contribution in [-0.4, -0.2) is 65.9 Å². The summed E-state index contributed by atoms with van der Waals surface area (Å²) in [4.78, 5) is 0. The van der Waals surface area contributed by atoms with Gasteiger partial charge in [-0.25, -0.2) is 0 Å². The van der Waals surface area contributed by atoms with Crippen molar-refractivity contribution in [3.05, 3.63) is 0 Å². The van der Waals surface area contributed by atoms with Gasteiger partial charge in [0.05, 0.1) is 0 Å². The van der Waals surface area contributed by atoms with Gasteiger partial charge in [-0.1, -0.05) is 26.7 Å². The molecule has 0 saturated heterocycles. The van der Waals surface area contributed by atoms with Crippen molar-refractivity contribution in [3.8, 4) is 0 Å². The molecule has 0 radical (unpaired) electrons. The first-order valence-electron chi connectivity index (χ1n) is 12.4. The van der Waals surface area contributed by atoms with Crippen LogP contribution >= 0.6 is 0 Å². The standard InChI is InChI=1S/C24H51NO4/c1-3-5-17-26-21-11-13-23-28-19-9-7-15-25-16-8-10-20-29-24-14-12-22-27-18-6-4-2/h25H,3-24H2,1-2H3. The highest BCUT2D eigenvalue weighted by atomic mass is 16.5. The van der Waals surface area contributed by atoms with E-state index in [1.807, 2.05) is 0 Å². The van der Waals surface area contributed by atoms with Crippen molar-refractivity contribution in [2.45, 2.75) is 90.9 Å². The molecule has 0 aromatic rings. The van der Waals surface area contributed by atoms with E-state index in [-0.39, 0.29) is 0 Å². The Labute approximate surface area is 181 Å². The Morgan fingerprint density at radius 3 is 0.966 bits per heavy atom. The van der Waals surface area contributed by atoms with Crippen molar-refractivity contribution in [1.82, 2.24) is 5.32 Å². The number of unbranched alkanes of at least 4 members (excludes halogenated alkanes) is 6. The molecule has 0 fully saturated rings. The molecule has 0 aliphatic carbocycles. The van der Waals surface area contributed by atoms with Crippen LogP contribution in [0.4, 0.5) is 0 Å². The van der Waals surface area contributed by atoms with E-state index in [4.69, 9.17) is 18.9 Å². The van der Waals surface area contributed by atoms with Gasteiger partial charge in [-0.05, 0) is 77.3 Å². The van der Waals surface area contributed by atoms with Crippen molar-refractivity contribution < 1.29 is 18.9 Å². The zero-order chi connectivity index (χ0) is 21.1. The first kappa shape index (κ1) is 28.8. The first-order valence-corrected chi connectivity index (χ1v) is 12.4. The van der Waals surface area contributed by atoms with Crippen LogP contribution in [0, 0.1) is 0 Å². The van der Waals surface area contributed by atoms with Crippen LogP contribution in [0.1, 0.15) is 90.9 Å². The van der Waals surface area contributed by atoms with Crippen molar-refractivity contribution in [2.75, 3.05) is 65.9 Å². The Morgan fingerprint density at radius 2 is 0.655 bits per heavy atom. The van der Waals surface area contributed by atoms with E-state index in [2.05, 4.69) is 19.2 Å². The fourth-order valence-corrected chi connectivity index (χ4v) is 2.75. The molecule has 1 N–H and O–H groups in total. The Balaban J connectivity index is 2.97. The van der Waals surface area contributed by atoms with Gasteiger partial charge in [0, 0.05) is 52.9 Å². The van der Waals surface area contributed by atoms with Crippen LogP contribution < -0.4 is 5.32 Å². The Bertz CT molecular complexity index is 254. The third kappa shape index (κ3) is 27.8. The molecule has 0 aliphatic heterocycles. The summed E-state index contributed by atoms with van der Waals surface area (Å²) in [5.74, 6) is 0. The van der Waals surface area contributed by atoms with Gasteiger partial charge in [0.2, 0.25) is 0 Å². The van der Waals surface area contributed by atoms with Gasteiger partial charge >= 0.3 is 0 Å². The van der Waals surface area contributed by atoms with Gasteiger partial charge in [-0.15, -0.1) is 0 Å². The van der Waals surface area contributed by atoms with Crippen LogP contribution in [-0.2, 0) is 18.9 Å². The lowest BCUT2D eigenvalue weighted by molar-refractivity contribution is 0.0994. The Kier molecular flexibility index (Phi) is 27.6. The number of hydrogen-bond donors (Lipinski definition) is 1. The molecule has 0 aromatic heterocycles. The molecule has 176 valence electrons. The van der Waals surface area contributed by atoms with Crippen LogP contribution in [0.15, 0.2) is 0 Å². The van der Waals surface area contributed by atoms with E-state index in [0.717, 1.165) is 104 Å². The maximum absolute atomic E-state index is 5.68. The average molecular weight is 418 g/mol. The molecule has 0 aliphatic rings. The zero-order valence-electron chi connectivity index (χ0n) is 19.7. The van der Waals surface area contributed by atoms with Crippen molar-refractivity contribution in [2.24, 2.45) is 0 Å². The lowest BCUT2D eigenvalue weighted by Crippen LogP contribution is -2.17. The maximum atomic E-state index is 5.68. The summed E-state index contributed by atoms with van der Waals surface area (Å²) in [7, 11) is 0. The molecule has 0 heterocycles. The maximum Gasteiger partial charge on any atom is 0.0466 e. The zero-order valence-corrected chi connectivity index (χ0v) is 19.7. The predicted octanol–water partition coefficient (Wildman–Crippen LogP) is 5.36. The number of rotatable bonds is 26. The topological polar surface area (TPSA) is 49.0 Å². The SMILES string of the molecule is CCCCOCCCCOCCCCNCCCCOCCCCOCCCC. The summed E-state index contributed by atoms with van der Waals surface area (Å²) >= 11 is 0. The van der Waals surface area contributed by atoms with Crippen molar-refractivity contribution in [3.63, 3.8) is 0 Å². The molecule has 0 unspecified atom stereocenters. The van der Waals surface area contributed by atoms with Gasteiger partial charge in [0.1, 0.15) is 0 Å². The molecule has 0 spiro atoms. The van der Waals surface area contributed by atoms with E-state index in [0.29, 0.717) is 0 Å². The molecule has 29 heavy (non-hydrogen) atoms. The monoisotopic (exact) mass is 417 g/mol. The highest BCUT2D eigenvalue weighted by Crippen LogP contribution is 1.97. The lowest BCUT2D eigenvalue weighted by Gasteiger charge is -2.07. The number of ether oxygens (including phenoxy) is 4. The van der Waals surface area contributed by atoms with E-state index in [1.54, 1.807) is 0 Å². The second kappa shape index (κ2) is 27.8. The van der Waals surface area contributed by atoms with E-state index >= 15 is 0 Å². The molecular formula is C24H51NO4. The minimum atomic E-state index is 0.871. The molecule has 0 aromatic carbocycles. The molecule has 0 amide bonds. The minimum absolute atomic E-state index is 0.871. The van der Waals surface area contributed by atoms with E-state index < -0.39 is 0 Å². The summed E-state index contributed by atoms with van der Waals surface area (Å²) < 4.78 is 22.4. The molecule has 0 saturated carbocycles. The van der Waals surface area contributed by atoms with Crippen LogP contribution in [0.5, 0.6) is 0 Å². The fourth-order valence-electron chi connectivity index (χ4n) is 2.75. The second-order valence-electron chi connectivity index (χ2n) is 7.74. The summed E-state index contributed by atoms with van der Waals surface area (Å²) in [6.07, 6.45) is 13.9. The normalized spacial score (nSPS) is 11.4. The summed E-state index contributed by atoms with van der Waals surface area (Å²) in [6, 6.07) is 0. The minimum Gasteiger partial charge on any atom is -0.381 e. The van der Waals surface area contributed by atoms with E-state index in [9.17, 15) is 0 Å². The van der Waals surface area contributed by atoms with Gasteiger partial charge in [-0.2, -0.15) is 0 Å². The highest BCUT2D eigenvalue weighted by molar-refractivity contribution is 4.50. The number of hydrogen-bond acceptors (Lipinski definition) is 5. The average Bonchev–Trinajstić information content (AvgIpc) is 2.74. The van der Waals surface area contributed by atoms with Crippen LogP contribution in [0.25, 0.3) is 0 Å². The van der Waals surface area contributed by atoms with Gasteiger partial charge in [0.25, 0.3) is 0 Å². The van der Waals surface area contributed by atoms with Crippen LogP contribution in [0.3, 0.4) is 0 Å². The first-order chi connectivity index (χ1) is 14.4. The molecule has 0 rings (SSSR count). The molecule has 5 heteroatoms. The third-order valence-electron chi connectivity index (χ3n) is 4.72.